The van der Waals surface area contributed by atoms with Crippen molar-refractivity contribution in [2.45, 2.75) is 0 Å². The van der Waals surface area contributed by atoms with Crippen molar-refractivity contribution in [1.82, 2.24) is 4.98 Å². The molecule has 1 N–H and O–H groups in total. The number of aromatic carboxylic acids is 1. The Kier molecular flexibility index (Phi) is 2.59. The third-order valence-electron chi connectivity index (χ3n) is 2.06. The third-order valence-corrected chi connectivity index (χ3v) is 2.59. The maximum absolute atomic E-state index is 13.5. The fourth-order valence-electron chi connectivity index (χ4n) is 1.39. The van der Waals surface area contributed by atoms with Crippen LogP contribution in [0.2, 0.25) is 0 Å². The monoisotopic (exact) mass is 287 g/mol. The van der Waals surface area contributed by atoms with Crippen molar-refractivity contribution in [2.24, 2.45) is 0 Å². The van der Waals surface area contributed by atoms with Crippen molar-refractivity contribution in [3.63, 3.8) is 0 Å². The molecule has 16 heavy (non-hydrogen) atoms. The summed E-state index contributed by atoms with van der Waals surface area (Å²) in [7, 11) is 0. The Morgan fingerprint density at radius 3 is 2.69 bits per heavy atom. The molecular weight excluding hydrogens is 284 g/mol. The fraction of sp³-hybridized carbons (Fsp3) is 0. The van der Waals surface area contributed by atoms with Crippen LogP contribution in [0.3, 0.4) is 0 Å². The van der Waals surface area contributed by atoms with Gasteiger partial charge in [-0.2, -0.15) is 0 Å². The summed E-state index contributed by atoms with van der Waals surface area (Å²) in [4.78, 5) is 14.6. The van der Waals surface area contributed by atoms with Gasteiger partial charge in [0.15, 0.2) is 5.82 Å². The third kappa shape index (κ3) is 1.65. The molecule has 2 rings (SSSR count). The van der Waals surface area contributed by atoms with Crippen LogP contribution in [0.25, 0.3) is 10.9 Å². The predicted molar refractivity (Wildman–Crippen MR) is 56.3 cm³/mol. The van der Waals surface area contributed by atoms with Crippen molar-refractivity contribution < 1.29 is 18.7 Å². The van der Waals surface area contributed by atoms with E-state index in [4.69, 9.17) is 5.11 Å². The van der Waals surface area contributed by atoms with Crippen molar-refractivity contribution in [3.8, 4) is 0 Å². The van der Waals surface area contributed by atoms with Crippen LogP contribution < -0.4 is 0 Å². The Balaban J connectivity index is 2.94. The first-order valence-corrected chi connectivity index (χ1v) is 4.97. The Labute approximate surface area is 96.9 Å². The van der Waals surface area contributed by atoms with E-state index in [1.807, 2.05) is 0 Å². The number of carboxylic acids is 1. The minimum Gasteiger partial charge on any atom is -0.478 e. The molecule has 1 aromatic heterocycles. The molecule has 1 heterocycles. The molecule has 82 valence electrons. The van der Waals surface area contributed by atoms with Gasteiger partial charge in [-0.25, -0.2) is 18.6 Å². The molecule has 0 amide bonds. The van der Waals surface area contributed by atoms with Crippen LogP contribution in [0.15, 0.2) is 22.8 Å². The molecule has 3 nitrogen and oxygen atoms in total. The number of carbonyl (C=O) groups is 1. The number of nitrogens with zero attached hydrogens (tertiary/aromatic N) is 1. The first kappa shape index (κ1) is 10.9. The lowest BCUT2D eigenvalue weighted by atomic mass is 10.1. The molecule has 0 aliphatic carbocycles. The van der Waals surface area contributed by atoms with E-state index in [0.29, 0.717) is 0 Å². The summed E-state index contributed by atoms with van der Waals surface area (Å²) in [5.74, 6) is -2.95. The molecule has 2 aromatic rings. The minimum absolute atomic E-state index is 0.0644. The van der Waals surface area contributed by atoms with Crippen LogP contribution in [0.5, 0.6) is 0 Å². The van der Waals surface area contributed by atoms with E-state index in [9.17, 15) is 13.6 Å². The molecule has 0 saturated carbocycles. The summed E-state index contributed by atoms with van der Waals surface area (Å²) in [5.41, 5.74) is -0.428. The topological polar surface area (TPSA) is 50.2 Å². The fourth-order valence-corrected chi connectivity index (χ4v) is 1.78. The zero-order valence-corrected chi connectivity index (χ0v) is 9.25. The molecule has 0 radical (unpaired) electrons. The average Bonchev–Trinajstić information content (AvgIpc) is 2.19. The summed E-state index contributed by atoms with van der Waals surface area (Å²) in [6.45, 7) is 0. The number of aromatic nitrogens is 1. The van der Waals surface area contributed by atoms with Gasteiger partial charge < -0.3 is 5.11 Å². The molecule has 0 spiro atoms. The Bertz CT molecular complexity index is 601. The van der Waals surface area contributed by atoms with Crippen molar-refractivity contribution >= 4 is 32.8 Å². The van der Waals surface area contributed by atoms with Gasteiger partial charge >= 0.3 is 5.97 Å². The van der Waals surface area contributed by atoms with E-state index in [-0.39, 0.29) is 15.5 Å². The molecule has 0 fully saturated rings. The van der Waals surface area contributed by atoms with Crippen LogP contribution >= 0.6 is 15.9 Å². The molecule has 0 atom stereocenters. The molecule has 0 aliphatic rings. The van der Waals surface area contributed by atoms with E-state index in [1.165, 1.54) is 6.07 Å². The van der Waals surface area contributed by atoms with Crippen molar-refractivity contribution in [1.29, 1.82) is 0 Å². The van der Waals surface area contributed by atoms with E-state index >= 15 is 0 Å². The van der Waals surface area contributed by atoms with Crippen LogP contribution in [-0.2, 0) is 0 Å². The molecular formula is C10H4BrF2NO2. The quantitative estimate of drug-likeness (QED) is 0.821. The number of pyridine rings is 1. The first-order chi connectivity index (χ1) is 7.50. The maximum Gasteiger partial charge on any atom is 0.339 e. The standard InChI is InChI=1S/C10H4BrF2NO2/c11-9-8(13)7(10(15)16)5-2-1-4(12)3-6(5)14-9/h1-3H,(H,15,16). The Hall–Kier alpha value is -1.56. The zero-order chi connectivity index (χ0) is 11.9. The molecule has 0 unspecified atom stereocenters. The first-order valence-electron chi connectivity index (χ1n) is 4.18. The molecule has 0 bridgehead atoms. The van der Waals surface area contributed by atoms with Crippen LogP contribution in [0.4, 0.5) is 8.78 Å². The van der Waals surface area contributed by atoms with Gasteiger partial charge in [-0.05, 0) is 28.1 Å². The minimum atomic E-state index is -1.42. The largest absolute Gasteiger partial charge is 0.478 e. The summed E-state index contributed by atoms with van der Waals surface area (Å²) in [6, 6.07) is 3.30. The smallest absolute Gasteiger partial charge is 0.339 e. The van der Waals surface area contributed by atoms with E-state index in [1.54, 1.807) is 0 Å². The second kappa shape index (κ2) is 3.79. The Morgan fingerprint density at radius 2 is 2.06 bits per heavy atom. The highest BCUT2D eigenvalue weighted by molar-refractivity contribution is 9.10. The number of fused-ring (bicyclic) bond motifs is 1. The SMILES string of the molecule is O=C(O)c1c(F)c(Br)nc2cc(F)ccc12. The normalized spacial score (nSPS) is 10.7. The molecule has 6 heteroatoms. The predicted octanol–water partition coefficient (Wildman–Crippen LogP) is 2.97. The van der Waals surface area contributed by atoms with Gasteiger partial charge in [0.1, 0.15) is 16.0 Å². The second-order valence-corrected chi connectivity index (χ2v) is 3.81. The van der Waals surface area contributed by atoms with Gasteiger partial charge in [0.2, 0.25) is 0 Å². The summed E-state index contributed by atoms with van der Waals surface area (Å²) < 4.78 is 26.2. The lowest BCUT2D eigenvalue weighted by molar-refractivity contribution is 0.0694. The highest BCUT2D eigenvalue weighted by Crippen LogP contribution is 2.25. The number of benzene rings is 1. The number of halogens is 3. The van der Waals surface area contributed by atoms with E-state index < -0.39 is 23.2 Å². The zero-order valence-electron chi connectivity index (χ0n) is 7.67. The van der Waals surface area contributed by atoms with E-state index in [2.05, 4.69) is 20.9 Å². The Morgan fingerprint density at radius 1 is 1.38 bits per heavy atom. The van der Waals surface area contributed by atoms with Crippen LogP contribution in [0, 0.1) is 11.6 Å². The second-order valence-electron chi connectivity index (χ2n) is 3.06. The van der Waals surface area contributed by atoms with Gasteiger partial charge in [0.25, 0.3) is 0 Å². The summed E-state index contributed by atoms with van der Waals surface area (Å²) >= 11 is 2.79. The number of carboxylic acid groups (broad SMARTS) is 1. The molecule has 0 aliphatic heterocycles. The highest BCUT2D eigenvalue weighted by Gasteiger charge is 2.19. The van der Waals surface area contributed by atoms with Gasteiger partial charge in [-0.1, -0.05) is 0 Å². The maximum atomic E-state index is 13.5. The van der Waals surface area contributed by atoms with Gasteiger partial charge in [-0.3, -0.25) is 0 Å². The number of hydrogen-bond donors (Lipinski definition) is 1. The van der Waals surface area contributed by atoms with Crippen LogP contribution in [0.1, 0.15) is 10.4 Å². The number of hydrogen-bond acceptors (Lipinski definition) is 2. The van der Waals surface area contributed by atoms with Crippen molar-refractivity contribution in [2.75, 3.05) is 0 Å². The van der Waals surface area contributed by atoms with Gasteiger partial charge in [0, 0.05) is 11.5 Å². The lowest BCUT2D eigenvalue weighted by Gasteiger charge is -2.05. The van der Waals surface area contributed by atoms with Crippen molar-refractivity contribution in [3.05, 3.63) is 40.0 Å². The van der Waals surface area contributed by atoms with Gasteiger partial charge in [-0.15, -0.1) is 0 Å². The average molecular weight is 288 g/mol. The van der Waals surface area contributed by atoms with E-state index in [0.717, 1.165) is 12.1 Å². The van der Waals surface area contributed by atoms with Crippen LogP contribution in [-0.4, -0.2) is 16.1 Å². The molecule has 1 aromatic carbocycles. The molecule has 0 saturated heterocycles. The summed E-state index contributed by atoms with van der Waals surface area (Å²) in [6.07, 6.45) is 0. The lowest BCUT2D eigenvalue weighted by Crippen LogP contribution is -2.04. The highest BCUT2D eigenvalue weighted by atomic mass is 79.9. The van der Waals surface area contributed by atoms with Gasteiger partial charge in [0.05, 0.1) is 5.52 Å². The number of rotatable bonds is 1. The summed E-state index contributed by atoms with van der Waals surface area (Å²) in [5, 5.41) is 8.94.